The first-order chi connectivity index (χ1) is 18.7. The Labute approximate surface area is 228 Å². The summed E-state index contributed by atoms with van der Waals surface area (Å²) in [5, 5.41) is 2.71. The number of fused-ring (bicyclic) bond motifs is 1. The van der Waals surface area contributed by atoms with E-state index in [1.54, 1.807) is 6.07 Å². The summed E-state index contributed by atoms with van der Waals surface area (Å²) in [5.74, 6) is 0.0617. The van der Waals surface area contributed by atoms with Crippen molar-refractivity contribution in [2.24, 2.45) is 11.8 Å². The topological polar surface area (TPSA) is 71.1 Å². The zero-order valence-corrected chi connectivity index (χ0v) is 22.5. The third kappa shape index (κ3) is 6.50. The molecule has 5 rings (SSSR count). The fourth-order valence-corrected chi connectivity index (χ4v) is 5.30. The van der Waals surface area contributed by atoms with Gasteiger partial charge in [0.05, 0.1) is 11.4 Å². The minimum atomic E-state index is -0.646. The van der Waals surface area contributed by atoms with Crippen LogP contribution in [0.4, 0.5) is 25.4 Å². The maximum Gasteiger partial charge on any atom is 0.412 e. The predicted octanol–water partition coefficient (Wildman–Crippen LogP) is 6.45. The van der Waals surface area contributed by atoms with Gasteiger partial charge in [0.1, 0.15) is 18.0 Å². The van der Waals surface area contributed by atoms with E-state index in [-0.39, 0.29) is 30.6 Å². The summed E-state index contributed by atoms with van der Waals surface area (Å²) in [5.41, 5.74) is 2.41. The van der Waals surface area contributed by atoms with Gasteiger partial charge in [-0.25, -0.2) is 14.0 Å². The Morgan fingerprint density at radius 3 is 2.18 bits per heavy atom. The lowest BCUT2D eigenvalue weighted by atomic mass is 10.2. The van der Waals surface area contributed by atoms with Crippen molar-refractivity contribution in [2.75, 3.05) is 23.3 Å². The highest BCUT2D eigenvalue weighted by atomic mass is 19.1. The van der Waals surface area contributed by atoms with Gasteiger partial charge in [0.2, 0.25) is 0 Å². The summed E-state index contributed by atoms with van der Waals surface area (Å²) in [6.45, 7) is 7.57. The van der Waals surface area contributed by atoms with Gasteiger partial charge in [-0.3, -0.25) is 5.32 Å². The van der Waals surface area contributed by atoms with Gasteiger partial charge in [-0.05, 0) is 50.1 Å². The van der Waals surface area contributed by atoms with E-state index in [1.165, 1.54) is 12.1 Å². The first kappa shape index (κ1) is 26.5. The van der Waals surface area contributed by atoms with Crippen LogP contribution in [0, 0.1) is 17.7 Å². The van der Waals surface area contributed by atoms with E-state index in [1.807, 2.05) is 86.3 Å². The summed E-state index contributed by atoms with van der Waals surface area (Å²) >= 11 is 0. The molecule has 2 amide bonds. The van der Waals surface area contributed by atoms with Gasteiger partial charge >= 0.3 is 12.2 Å². The number of nitrogens with one attached hydrogen (secondary N) is 1. The third-order valence-electron chi connectivity index (χ3n) is 7.08. The van der Waals surface area contributed by atoms with Crippen molar-refractivity contribution in [3.05, 3.63) is 95.8 Å². The van der Waals surface area contributed by atoms with Crippen molar-refractivity contribution in [3.63, 3.8) is 0 Å². The van der Waals surface area contributed by atoms with Crippen LogP contribution in [0.15, 0.2) is 78.9 Å². The molecule has 39 heavy (non-hydrogen) atoms. The first-order valence-electron chi connectivity index (χ1n) is 13.2. The molecule has 0 bridgehead atoms. The molecule has 204 valence electrons. The van der Waals surface area contributed by atoms with Gasteiger partial charge in [-0.15, -0.1) is 0 Å². The largest absolute Gasteiger partial charge is 0.444 e. The van der Waals surface area contributed by atoms with Gasteiger partial charge in [0.25, 0.3) is 0 Å². The van der Waals surface area contributed by atoms with Crippen LogP contribution < -0.4 is 10.2 Å². The Morgan fingerprint density at radius 1 is 0.949 bits per heavy atom. The summed E-state index contributed by atoms with van der Waals surface area (Å²) in [6.07, 6.45) is -0.963. The highest BCUT2D eigenvalue weighted by Gasteiger charge is 2.60. The van der Waals surface area contributed by atoms with Crippen LogP contribution in [-0.4, -0.2) is 41.8 Å². The number of nitrogens with zero attached hydrogens (tertiary/aromatic N) is 2. The second-order valence-corrected chi connectivity index (χ2v) is 11.2. The zero-order chi connectivity index (χ0) is 27.6. The van der Waals surface area contributed by atoms with E-state index >= 15 is 0 Å². The van der Waals surface area contributed by atoms with E-state index in [0.29, 0.717) is 25.3 Å². The normalized spacial score (nSPS) is 19.7. The summed E-state index contributed by atoms with van der Waals surface area (Å²) in [6, 6.07) is 23.7. The zero-order valence-electron chi connectivity index (χ0n) is 22.5. The van der Waals surface area contributed by atoms with Crippen LogP contribution in [0.3, 0.4) is 0 Å². The maximum atomic E-state index is 14.2. The quantitative estimate of drug-likeness (QED) is 0.380. The fourth-order valence-electron chi connectivity index (χ4n) is 5.30. The van der Waals surface area contributed by atoms with Gasteiger partial charge in [-0.1, -0.05) is 60.7 Å². The van der Waals surface area contributed by atoms with Gasteiger partial charge in [0.15, 0.2) is 0 Å². The van der Waals surface area contributed by atoms with Gasteiger partial charge in [-0.2, -0.15) is 0 Å². The second-order valence-electron chi connectivity index (χ2n) is 11.2. The van der Waals surface area contributed by atoms with Crippen LogP contribution >= 0.6 is 0 Å². The van der Waals surface area contributed by atoms with E-state index in [0.717, 1.165) is 16.8 Å². The van der Waals surface area contributed by atoms with Crippen molar-refractivity contribution in [2.45, 2.75) is 45.6 Å². The molecule has 7 nitrogen and oxygen atoms in total. The van der Waals surface area contributed by atoms with Gasteiger partial charge < -0.3 is 19.3 Å². The van der Waals surface area contributed by atoms with Crippen molar-refractivity contribution < 1.29 is 23.5 Å². The van der Waals surface area contributed by atoms with Crippen LogP contribution in [0.5, 0.6) is 0 Å². The SMILES string of the molecule is CC(C)(C)OC(=O)N(Cc1ccccc1)[C@H]1C2CN(c3ccc(F)cc3NC(=O)OCc3ccccc3)C[C@@H]21. The van der Waals surface area contributed by atoms with Crippen molar-refractivity contribution in [1.29, 1.82) is 0 Å². The molecule has 1 saturated carbocycles. The number of halogens is 1. The summed E-state index contributed by atoms with van der Waals surface area (Å²) in [4.78, 5) is 29.7. The standard InChI is InChI=1S/C31H34FN3O4/c1-31(2,3)39-30(37)35(17-21-10-6-4-7-11-21)28-24-18-34(19-25(24)28)27-15-14-23(32)16-26(27)33-29(36)38-20-22-12-8-5-9-13-22/h4-16,24-25,28H,17-20H2,1-3H3,(H,33,36)/t24-,25?,28+/m0/s1. The number of carbonyl (C=O) groups excluding carboxylic acids is 2. The molecule has 1 saturated heterocycles. The Kier molecular flexibility index (Phi) is 7.46. The predicted molar refractivity (Wildman–Crippen MR) is 148 cm³/mol. The Balaban J connectivity index is 1.25. The molecule has 1 N–H and O–H groups in total. The number of anilines is 2. The van der Waals surface area contributed by atoms with Crippen LogP contribution in [0.2, 0.25) is 0 Å². The molecule has 1 aliphatic heterocycles. The lowest BCUT2D eigenvalue weighted by Gasteiger charge is -2.31. The number of amides is 2. The molecule has 1 unspecified atom stereocenters. The van der Waals surface area contributed by atoms with E-state index < -0.39 is 17.5 Å². The average Bonchev–Trinajstić information content (AvgIpc) is 3.37. The van der Waals surface area contributed by atoms with Gasteiger partial charge in [0, 0.05) is 37.5 Å². The Morgan fingerprint density at radius 2 is 1.56 bits per heavy atom. The molecule has 2 aliphatic rings. The molecule has 0 radical (unpaired) electrons. The van der Waals surface area contributed by atoms with E-state index in [9.17, 15) is 14.0 Å². The second kappa shape index (κ2) is 11.0. The molecule has 0 aromatic heterocycles. The molecule has 3 aromatic rings. The molecule has 3 atom stereocenters. The molecule has 2 fully saturated rings. The minimum Gasteiger partial charge on any atom is -0.444 e. The molecule has 1 heterocycles. The lowest BCUT2D eigenvalue weighted by Crippen LogP contribution is -2.41. The Hall–Kier alpha value is -4.07. The molecular formula is C31H34FN3O4. The summed E-state index contributed by atoms with van der Waals surface area (Å²) in [7, 11) is 0. The molecule has 1 aliphatic carbocycles. The van der Waals surface area contributed by atoms with Crippen LogP contribution in [0.1, 0.15) is 31.9 Å². The Bertz CT molecular complexity index is 1300. The molecule has 8 heteroatoms. The van der Waals surface area contributed by atoms with E-state index in [2.05, 4.69) is 10.2 Å². The van der Waals surface area contributed by atoms with Crippen LogP contribution in [-0.2, 0) is 22.6 Å². The van der Waals surface area contributed by atoms with Crippen molar-refractivity contribution >= 4 is 23.6 Å². The van der Waals surface area contributed by atoms with E-state index in [4.69, 9.17) is 9.47 Å². The monoisotopic (exact) mass is 531 g/mol. The molecule has 0 spiro atoms. The third-order valence-corrected chi connectivity index (χ3v) is 7.08. The number of benzene rings is 3. The van der Waals surface area contributed by atoms with Crippen molar-refractivity contribution in [3.8, 4) is 0 Å². The number of piperidine rings is 1. The molecular weight excluding hydrogens is 497 g/mol. The fraction of sp³-hybridized carbons (Fsp3) is 0.355. The lowest BCUT2D eigenvalue weighted by molar-refractivity contribution is 0.0195. The van der Waals surface area contributed by atoms with Crippen molar-refractivity contribution in [1.82, 2.24) is 4.90 Å². The van der Waals surface area contributed by atoms with Crippen LogP contribution in [0.25, 0.3) is 0 Å². The number of hydrogen-bond acceptors (Lipinski definition) is 5. The number of hydrogen-bond donors (Lipinski definition) is 1. The summed E-state index contributed by atoms with van der Waals surface area (Å²) < 4.78 is 25.2. The smallest absolute Gasteiger partial charge is 0.412 e. The molecule has 3 aromatic carbocycles. The number of carbonyl (C=O) groups is 2. The highest BCUT2D eigenvalue weighted by molar-refractivity contribution is 5.90. The minimum absolute atomic E-state index is 0.0593. The number of ether oxygens (including phenoxy) is 2. The average molecular weight is 532 g/mol. The number of rotatable bonds is 7. The first-order valence-corrected chi connectivity index (χ1v) is 13.2. The maximum absolute atomic E-state index is 14.2. The highest BCUT2D eigenvalue weighted by Crippen LogP contribution is 2.51.